The quantitative estimate of drug-likeness (QED) is 0.468. The van der Waals surface area contributed by atoms with Crippen molar-refractivity contribution in [2.24, 2.45) is 5.73 Å². The highest BCUT2D eigenvalue weighted by molar-refractivity contribution is 5.82. The lowest BCUT2D eigenvalue weighted by Gasteiger charge is -2.34. The van der Waals surface area contributed by atoms with E-state index in [0.717, 1.165) is 16.9 Å². The summed E-state index contributed by atoms with van der Waals surface area (Å²) < 4.78 is 17.3. The van der Waals surface area contributed by atoms with Crippen molar-refractivity contribution < 1.29 is 19.0 Å². The number of benzene rings is 2. The predicted molar refractivity (Wildman–Crippen MR) is 132 cm³/mol. The van der Waals surface area contributed by atoms with E-state index in [-0.39, 0.29) is 17.6 Å². The van der Waals surface area contributed by atoms with Gasteiger partial charge in [-0.1, -0.05) is 42.5 Å². The molecule has 2 rings (SSSR count). The average Bonchev–Trinajstić information content (AvgIpc) is 2.77. The lowest BCUT2D eigenvalue weighted by Crippen LogP contribution is -2.49. The Kier molecular flexibility index (Phi) is 10.4. The first-order chi connectivity index (χ1) is 15.6. The van der Waals surface area contributed by atoms with Gasteiger partial charge < -0.3 is 24.8 Å². The number of hydrogen-bond donors (Lipinski definition) is 1. The number of carbonyl (C=O) groups is 1. The molecule has 0 fully saturated rings. The van der Waals surface area contributed by atoms with Crippen LogP contribution in [0.15, 0.2) is 54.6 Å². The largest absolute Gasteiger partial charge is 0.488 e. The Morgan fingerprint density at radius 3 is 2.06 bits per heavy atom. The van der Waals surface area contributed by atoms with E-state index in [1.54, 1.807) is 4.90 Å². The van der Waals surface area contributed by atoms with E-state index in [9.17, 15) is 4.79 Å². The van der Waals surface area contributed by atoms with Gasteiger partial charge in [0, 0.05) is 13.2 Å². The van der Waals surface area contributed by atoms with Crippen LogP contribution in [0.25, 0.3) is 0 Å². The first kappa shape index (κ1) is 26.8. The molecule has 0 aliphatic rings. The molecule has 6 nitrogen and oxygen atoms in total. The zero-order valence-electron chi connectivity index (χ0n) is 20.9. The molecular weight excluding hydrogens is 416 g/mol. The molecule has 2 aromatic carbocycles. The predicted octanol–water partition coefficient (Wildman–Crippen LogP) is 4.72. The number of carbonyl (C=O) groups excluding carboxylic acids is 1. The molecule has 0 spiro atoms. The molecule has 0 aromatic heterocycles. The molecule has 2 N–H and O–H groups in total. The molecule has 182 valence electrons. The van der Waals surface area contributed by atoms with E-state index in [1.807, 2.05) is 96.1 Å². The number of nitrogens with zero attached hydrogens (tertiary/aromatic N) is 1. The summed E-state index contributed by atoms with van der Waals surface area (Å²) in [5, 5.41) is 0. The Bertz CT molecular complexity index is 827. The Labute approximate surface area is 199 Å². The normalized spacial score (nSPS) is 13.6. The first-order valence-electron chi connectivity index (χ1n) is 11.8. The fraction of sp³-hybridized carbons (Fsp3) is 0.519. The summed E-state index contributed by atoms with van der Waals surface area (Å²) in [4.78, 5) is 15.3. The highest BCUT2D eigenvalue weighted by Crippen LogP contribution is 2.23. The highest BCUT2D eigenvalue weighted by Gasteiger charge is 2.29. The Morgan fingerprint density at radius 2 is 1.55 bits per heavy atom. The van der Waals surface area contributed by atoms with Crippen molar-refractivity contribution in [2.75, 3.05) is 19.8 Å². The maximum absolute atomic E-state index is 13.5. The summed E-state index contributed by atoms with van der Waals surface area (Å²) in [7, 11) is 0. The van der Waals surface area contributed by atoms with Gasteiger partial charge in [-0.05, 0) is 71.2 Å². The third-order valence-electron chi connectivity index (χ3n) is 5.20. The summed E-state index contributed by atoms with van der Waals surface area (Å²) in [5.74, 6) is 0.660. The minimum absolute atomic E-state index is 0.134. The highest BCUT2D eigenvalue weighted by atomic mass is 16.7. The number of rotatable bonds is 12. The van der Waals surface area contributed by atoms with E-state index >= 15 is 0 Å². The van der Waals surface area contributed by atoms with Crippen LogP contribution in [0.2, 0.25) is 0 Å². The Hall–Kier alpha value is -2.41. The monoisotopic (exact) mass is 456 g/mol. The SMILES string of the molecule is CCOC(CN(C(=O)[C@@H](N)Cc1ccc(OC(C)(C)C)cc1)[C@H](C)c1ccccc1)OCC. The van der Waals surface area contributed by atoms with Crippen LogP contribution in [0.1, 0.15) is 58.7 Å². The number of nitrogens with two attached hydrogens (primary N) is 1. The van der Waals surface area contributed by atoms with Gasteiger partial charge in [0.15, 0.2) is 6.29 Å². The summed E-state index contributed by atoms with van der Waals surface area (Å²) in [5.41, 5.74) is 8.18. The van der Waals surface area contributed by atoms with E-state index in [2.05, 4.69) is 0 Å². The lowest BCUT2D eigenvalue weighted by atomic mass is 10.0. The smallest absolute Gasteiger partial charge is 0.240 e. The molecule has 0 bridgehead atoms. The van der Waals surface area contributed by atoms with Gasteiger partial charge in [0.05, 0.1) is 18.6 Å². The Morgan fingerprint density at radius 1 is 0.970 bits per heavy atom. The molecule has 0 heterocycles. The third kappa shape index (κ3) is 8.80. The molecule has 6 heteroatoms. The molecule has 0 aliphatic carbocycles. The average molecular weight is 457 g/mol. The molecular formula is C27H40N2O4. The van der Waals surface area contributed by atoms with Crippen LogP contribution in [-0.4, -0.2) is 48.5 Å². The molecule has 0 unspecified atom stereocenters. The van der Waals surface area contributed by atoms with Crippen molar-refractivity contribution >= 4 is 5.91 Å². The zero-order valence-corrected chi connectivity index (χ0v) is 20.9. The number of ether oxygens (including phenoxy) is 3. The van der Waals surface area contributed by atoms with E-state index in [0.29, 0.717) is 26.2 Å². The second kappa shape index (κ2) is 12.7. The molecule has 2 atom stereocenters. The summed E-state index contributed by atoms with van der Waals surface area (Å²) in [6.07, 6.45) is -0.0724. The summed E-state index contributed by atoms with van der Waals surface area (Å²) in [6, 6.07) is 16.8. The van der Waals surface area contributed by atoms with Gasteiger partial charge in [-0.15, -0.1) is 0 Å². The van der Waals surface area contributed by atoms with E-state index in [4.69, 9.17) is 19.9 Å². The van der Waals surface area contributed by atoms with E-state index in [1.165, 1.54) is 0 Å². The topological polar surface area (TPSA) is 74.0 Å². The lowest BCUT2D eigenvalue weighted by molar-refractivity contribution is -0.163. The molecule has 33 heavy (non-hydrogen) atoms. The second-order valence-corrected chi connectivity index (χ2v) is 9.09. The minimum Gasteiger partial charge on any atom is -0.488 e. The molecule has 2 aromatic rings. The van der Waals surface area contributed by atoms with Crippen LogP contribution < -0.4 is 10.5 Å². The maximum atomic E-state index is 13.5. The second-order valence-electron chi connectivity index (χ2n) is 9.09. The molecule has 0 saturated carbocycles. The fourth-order valence-corrected chi connectivity index (χ4v) is 3.64. The van der Waals surface area contributed by atoms with Gasteiger partial charge in [0.2, 0.25) is 5.91 Å². The van der Waals surface area contributed by atoms with Gasteiger partial charge in [-0.2, -0.15) is 0 Å². The zero-order chi connectivity index (χ0) is 24.4. The van der Waals surface area contributed by atoms with Crippen LogP contribution >= 0.6 is 0 Å². The molecule has 1 amide bonds. The standard InChI is InChI=1S/C27H40N2O4/c1-7-31-25(32-8-2)19-29(20(3)22-12-10-9-11-13-22)26(30)24(28)18-21-14-16-23(17-15-21)33-27(4,5)6/h9-17,20,24-25H,7-8,18-19,28H2,1-6H3/t20-,24+/m1/s1. The maximum Gasteiger partial charge on any atom is 0.240 e. The molecule has 0 aliphatic heterocycles. The molecule has 0 radical (unpaired) electrons. The van der Waals surface area contributed by atoms with Crippen molar-refractivity contribution in [3.63, 3.8) is 0 Å². The van der Waals surface area contributed by atoms with Gasteiger partial charge in [-0.3, -0.25) is 4.79 Å². The van der Waals surface area contributed by atoms with Crippen molar-refractivity contribution in [1.29, 1.82) is 0 Å². The van der Waals surface area contributed by atoms with Crippen LogP contribution in [0.4, 0.5) is 0 Å². The molecule has 0 saturated heterocycles. The van der Waals surface area contributed by atoms with E-state index < -0.39 is 12.3 Å². The third-order valence-corrected chi connectivity index (χ3v) is 5.20. The van der Waals surface area contributed by atoms with Crippen LogP contribution in [-0.2, 0) is 20.7 Å². The Balaban J connectivity index is 2.18. The van der Waals surface area contributed by atoms with Crippen molar-refractivity contribution in [2.45, 2.75) is 71.9 Å². The van der Waals surface area contributed by atoms with Gasteiger partial charge in [0.1, 0.15) is 11.4 Å². The first-order valence-corrected chi connectivity index (χ1v) is 11.8. The fourth-order valence-electron chi connectivity index (χ4n) is 3.64. The van der Waals surface area contributed by atoms with Gasteiger partial charge in [-0.25, -0.2) is 0 Å². The van der Waals surface area contributed by atoms with Crippen molar-refractivity contribution in [3.05, 3.63) is 65.7 Å². The van der Waals surface area contributed by atoms with Crippen molar-refractivity contribution in [1.82, 2.24) is 4.90 Å². The number of hydrogen-bond acceptors (Lipinski definition) is 5. The minimum atomic E-state index is -0.686. The van der Waals surface area contributed by atoms with Gasteiger partial charge >= 0.3 is 0 Å². The summed E-state index contributed by atoms with van der Waals surface area (Å²) >= 11 is 0. The number of amides is 1. The van der Waals surface area contributed by atoms with Gasteiger partial charge in [0.25, 0.3) is 0 Å². The van der Waals surface area contributed by atoms with Crippen LogP contribution in [0.3, 0.4) is 0 Å². The van der Waals surface area contributed by atoms with Crippen molar-refractivity contribution in [3.8, 4) is 5.75 Å². The summed E-state index contributed by atoms with van der Waals surface area (Å²) in [6.45, 7) is 13.2. The van der Waals surface area contributed by atoms with Crippen LogP contribution in [0, 0.1) is 0 Å². The van der Waals surface area contributed by atoms with Crippen LogP contribution in [0.5, 0.6) is 5.75 Å².